The summed E-state index contributed by atoms with van der Waals surface area (Å²) in [5.41, 5.74) is 0. The van der Waals surface area contributed by atoms with Crippen LogP contribution in [0.25, 0.3) is 0 Å². The van der Waals surface area contributed by atoms with Crippen LogP contribution in [0.3, 0.4) is 0 Å². The zero-order valence-corrected chi connectivity index (χ0v) is 7.88. The van der Waals surface area contributed by atoms with Crippen molar-refractivity contribution >= 4 is 6.29 Å². The van der Waals surface area contributed by atoms with Gasteiger partial charge in [0.1, 0.15) is 6.29 Å². The summed E-state index contributed by atoms with van der Waals surface area (Å²) < 4.78 is 0. The highest BCUT2D eigenvalue weighted by Gasteiger charge is 2.12. The first-order valence-corrected chi connectivity index (χ1v) is 5.01. The van der Waals surface area contributed by atoms with Gasteiger partial charge in [-0.25, -0.2) is 0 Å². The van der Waals surface area contributed by atoms with Crippen LogP contribution in [0.5, 0.6) is 0 Å². The van der Waals surface area contributed by atoms with Crippen molar-refractivity contribution in [3.8, 4) is 0 Å². The van der Waals surface area contributed by atoms with E-state index >= 15 is 0 Å². The van der Waals surface area contributed by atoms with E-state index in [4.69, 9.17) is 0 Å². The lowest BCUT2D eigenvalue weighted by Gasteiger charge is -2.23. The van der Waals surface area contributed by atoms with Gasteiger partial charge in [-0.15, -0.1) is 0 Å². The Hall–Kier alpha value is -0.370. The van der Waals surface area contributed by atoms with Gasteiger partial charge in [-0.3, -0.25) is 0 Å². The van der Waals surface area contributed by atoms with E-state index < -0.39 is 0 Å². The molecule has 0 bridgehead atoms. The summed E-state index contributed by atoms with van der Waals surface area (Å²) in [6, 6.07) is 0.682. The molecule has 1 fully saturated rings. The van der Waals surface area contributed by atoms with Crippen LogP contribution in [0, 0.1) is 5.92 Å². The van der Waals surface area contributed by atoms with Gasteiger partial charge in [-0.05, 0) is 12.8 Å². The van der Waals surface area contributed by atoms with Gasteiger partial charge in [-0.1, -0.05) is 26.2 Å². The molecule has 0 spiro atoms. The summed E-state index contributed by atoms with van der Waals surface area (Å²) in [4.78, 5) is 10.3. The number of aldehydes is 1. The molecule has 1 saturated carbocycles. The topological polar surface area (TPSA) is 29.1 Å². The Labute approximate surface area is 74.7 Å². The first-order chi connectivity index (χ1) is 5.83. The number of nitrogens with one attached hydrogen (secondary N) is 1. The highest BCUT2D eigenvalue weighted by atomic mass is 16.1. The van der Waals surface area contributed by atoms with Crippen LogP contribution >= 0.6 is 0 Å². The minimum Gasteiger partial charge on any atom is -0.313 e. The second-order valence-corrected chi connectivity index (χ2v) is 3.86. The summed E-state index contributed by atoms with van der Waals surface area (Å²) in [7, 11) is 0. The molecule has 0 aromatic heterocycles. The van der Waals surface area contributed by atoms with Crippen LogP contribution in [-0.2, 0) is 4.79 Å². The number of hydrogen-bond acceptors (Lipinski definition) is 2. The van der Waals surface area contributed by atoms with Gasteiger partial charge in [0, 0.05) is 18.5 Å². The highest BCUT2D eigenvalue weighted by Crippen LogP contribution is 2.17. The van der Waals surface area contributed by atoms with Gasteiger partial charge >= 0.3 is 0 Å². The lowest BCUT2D eigenvalue weighted by molar-refractivity contribution is -0.110. The van der Waals surface area contributed by atoms with E-state index in [9.17, 15) is 4.79 Å². The molecule has 2 heteroatoms. The molecule has 1 rings (SSSR count). The zero-order chi connectivity index (χ0) is 8.81. The minimum atomic E-state index is 0.173. The molecular weight excluding hydrogens is 150 g/mol. The fourth-order valence-electron chi connectivity index (χ4n) is 1.71. The molecule has 1 unspecified atom stereocenters. The van der Waals surface area contributed by atoms with Crippen molar-refractivity contribution in [3.63, 3.8) is 0 Å². The van der Waals surface area contributed by atoms with Gasteiger partial charge in [0.05, 0.1) is 0 Å². The first-order valence-electron chi connectivity index (χ1n) is 5.01. The molecule has 0 aromatic rings. The number of carbonyl (C=O) groups is 1. The lowest BCUT2D eigenvalue weighted by atomic mass is 9.95. The van der Waals surface area contributed by atoms with Gasteiger partial charge in [-0.2, -0.15) is 0 Å². The predicted octanol–water partition coefficient (Wildman–Crippen LogP) is 1.74. The van der Waals surface area contributed by atoms with Crippen molar-refractivity contribution in [3.05, 3.63) is 0 Å². The SMILES string of the molecule is CC(C=O)CNC1CCCCC1. The maximum absolute atomic E-state index is 10.3. The Bertz CT molecular complexity index is 130. The predicted molar refractivity (Wildman–Crippen MR) is 50.1 cm³/mol. The summed E-state index contributed by atoms with van der Waals surface area (Å²) >= 11 is 0. The Morgan fingerprint density at radius 3 is 2.67 bits per heavy atom. The maximum Gasteiger partial charge on any atom is 0.124 e. The number of carbonyl (C=O) groups excluding carboxylic acids is 1. The molecule has 0 amide bonds. The standard InChI is InChI=1S/C10H19NO/c1-9(8-12)7-11-10-5-3-2-4-6-10/h8-11H,2-7H2,1H3. The van der Waals surface area contributed by atoms with Crippen molar-refractivity contribution in [2.24, 2.45) is 5.92 Å². The minimum absolute atomic E-state index is 0.173. The molecule has 0 aliphatic heterocycles. The smallest absolute Gasteiger partial charge is 0.124 e. The van der Waals surface area contributed by atoms with Crippen molar-refractivity contribution < 1.29 is 4.79 Å². The Kier molecular flexibility index (Phi) is 4.30. The number of rotatable bonds is 4. The van der Waals surface area contributed by atoms with Gasteiger partial charge in [0.15, 0.2) is 0 Å². The van der Waals surface area contributed by atoms with E-state index in [-0.39, 0.29) is 5.92 Å². The van der Waals surface area contributed by atoms with Crippen LogP contribution in [0.4, 0.5) is 0 Å². The third-order valence-corrected chi connectivity index (χ3v) is 2.57. The second-order valence-electron chi connectivity index (χ2n) is 3.86. The van der Waals surface area contributed by atoms with Crippen molar-refractivity contribution in [1.29, 1.82) is 0 Å². The monoisotopic (exact) mass is 169 g/mol. The molecule has 0 saturated heterocycles. The average molecular weight is 169 g/mol. The summed E-state index contributed by atoms with van der Waals surface area (Å²) in [6.07, 6.45) is 7.72. The summed E-state index contributed by atoms with van der Waals surface area (Å²) in [6.45, 7) is 2.82. The average Bonchev–Trinajstić information content (AvgIpc) is 2.16. The third kappa shape index (κ3) is 3.35. The molecule has 0 radical (unpaired) electrons. The van der Waals surface area contributed by atoms with Crippen LogP contribution in [-0.4, -0.2) is 18.9 Å². The maximum atomic E-state index is 10.3. The molecule has 0 heterocycles. The fraction of sp³-hybridized carbons (Fsp3) is 0.900. The molecule has 2 nitrogen and oxygen atoms in total. The van der Waals surface area contributed by atoms with Gasteiger partial charge < -0.3 is 10.1 Å². The van der Waals surface area contributed by atoms with Crippen molar-refractivity contribution in [1.82, 2.24) is 5.32 Å². The fourth-order valence-corrected chi connectivity index (χ4v) is 1.71. The Morgan fingerprint density at radius 2 is 2.08 bits per heavy atom. The van der Waals surface area contributed by atoms with Crippen LogP contribution in [0.1, 0.15) is 39.0 Å². The molecule has 1 N–H and O–H groups in total. The molecule has 0 aromatic carbocycles. The highest BCUT2D eigenvalue weighted by molar-refractivity contribution is 5.52. The Balaban J connectivity index is 2.08. The molecule has 70 valence electrons. The van der Waals surface area contributed by atoms with E-state index in [1.165, 1.54) is 32.1 Å². The molecule has 1 atom stereocenters. The van der Waals surface area contributed by atoms with Crippen LogP contribution in [0.2, 0.25) is 0 Å². The molecule has 12 heavy (non-hydrogen) atoms. The molecule has 1 aliphatic carbocycles. The normalized spacial score (nSPS) is 22.1. The van der Waals surface area contributed by atoms with E-state index in [2.05, 4.69) is 5.32 Å². The first kappa shape index (κ1) is 9.72. The van der Waals surface area contributed by atoms with Crippen LogP contribution in [0.15, 0.2) is 0 Å². The number of hydrogen-bond donors (Lipinski definition) is 1. The zero-order valence-electron chi connectivity index (χ0n) is 7.88. The lowest BCUT2D eigenvalue weighted by Crippen LogP contribution is -2.34. The molecule has 1 aliphatic rings. The molecular formula is C10H19NO. The van der Waals surface area contributed by atoms with Gasteiger partial charge in [0.2, 0.25) is 0 Å². The summed E-state index contributed by atoms with van der Waals surface area (Å²) in [5, 5.41) is 3.44. The summed E-state index contributed by atoms with van der Waals surface area (Å²) in [5.74, 6) is 0.173. The van der Waals surface area contributed by atoms with E-state index in [0.717, 1.165) is 12.8 Å². The van der Waals surface area contributed by atoms with E-state index in [1.54, 1.807) is 0 Å². The Morgan fingerprint density at radius 1 is 1.42 bits per heavy atom. The van der Waals surface area contributed by atoms with Gasteiger partial charge in [0.25, 0.3) is 0 Å². The van der Waals surface area contributed by atoms with E-state index in [1.807, 2.05) is 6.92 Å². The quantitative estimate of drug-likeness (QED) is 0.649. The van der Waals surface area contributed by atoms with E-state index in [0.29, 0.717) is 6.04 Å². The van der Waals surface area contributed by atoms with Crippen molar-refractivity contribution in [2.75, 3.05) is 6.54 Å². The second kappa shape index (κ2) is 5.31. The van der Waals surface area contributed by atoms with Crippen LogP contribution < -0.4 is 5.32 Å². The van der Waals surface area contributed by atoms with Crippen molar-refractivity contribution in [2.45, 2.75) is 45.1 Å². The third-order valence-electron chi connectivity index (χ3n) is 2.57. The largest absolute Gasteiger partial charge is 0.313 e.